The van der Waals surface area contributed by atoms with Gasteiger partial charge >= 0.3 is 0 Å². The molecule has 0 aromatic heterocycles. The minimum atomic E-state index is -1.06. The van der Waals surface area contributed by atoms with Crippen molar-refractivity contribution in [2.45, 2.75) is 6.23 Å². The Morgan fingerprint density at radius 3 is 2.71 bits per heavy atom. The second kappa shape index (κ2) is 6.55. The topological polar surface area (TPSA) is 62.1 Å². The van der Waals surface area contributed by atoms with Crippen LogP contribution in [-0.4, -0.2) is 18.7 Å². The molecule has 86 valence electrons. The Kier molecular flexibility index (Phi) is 5.03. The summed E-state index contributed by atoms with van der Waals surface area (Å²) in [4.78, 5) is 11.7. The molecule has 0 aliphatic carbocycles. The van der Waals surface area contributed by atoms with Gasteiger partial charge in [-0.15, -0.1) is 6.42 Å². The Balaban J connectivity index is 2.62. The summed E-state index contributed by atoms with van der Waals surface area (Å²) in [5, 5.41) is 11.6. The highest BCUT2D eigenvalue weighted by Gasteiger charge is 2.12. The number of terminal acetylenes is 1. The van der Waals surface area contributed by atoms with Crippen LogP contribution in [0.5, 0.6) is 0 Å². The SMILES string of the molecule is C#CCOC(C#N)NC(=O)c1ccc(Cl)cc1. The van der Waals surface area contributed by atoms with Gasteiger partial charge in [-0.2, -0.15) is 5.26 Å². The van der Waals surface area contributed by atoms with Gasteiger partial charge in [-0.25, -0.2) is 0 Å². The largest absolute Gasteiger partial charge is 0.333 e. The van der Waals surface area contributed by atoms with Gasteiger partial charge in [0.15, 0.2) is 0 Å². The smallest absolute Gasteiger partial charge is 0.254 e. The molecular weight excluding hydrogens is 240 g/mol. The lowest BCUT2D eigenvalue weighted by atomic mass is 10.2. The first-order valence-electron chi connectivity index (χ1n) is 4.68. The molecule has 1 unspecified atom stereocenters. The molecule has 1 rings (SSSR count). The number of nitriles is 1. The van der Waals surface area contributed by atoms with Crippen molar-refractivity contribution in [3.8, 4) is 18.4 Å². The maximum absolute atomic E-state index is 11.7. The number of halogens is 1. The van der Waals surface area contributed by atoms with Gasteiger partial charge < -0.3 is 10.1 Å². The lowest BCUT2D eigenvalue weighted by molar-refractivity contribution is 0.0685. The van der Waals surface area contributed by atoms with Crippen molar-refractivity contribution in [1.29, 1.82) is 5.26 Å². The summed E-state index contributed by atoms with van der Waals surface area (Å²) >= 11 is 5.69. The second-order valence-electron chi connectivity index (χ2n) is 3.00. The van der Waals surface area contributed by atoms with Crippen LogP contribution in [0.25, 0.3) is 0 Å². The Hall–Kier alpha value is -2.01. The highest BCUT2D eigenvalue weighted by Crippen LogP contribution is 2.09. The summed E-state index contributed by atoms with van der Waals surface area (Å²) < 4.78 is 4.90. The lowest BCUT2D eigenvalue weighted by Crippen LogP contribution is -2.35. The van der Waals surface area contributed by atoms with Crippen LogP contribution in [0, 0.1) is 23.7 Å². The van der Waals surface area contributed by atoms with Crippen LogP contribution in [-0.2, 0) is 4.74 Å². The minimum Gasteiger partial charge on any atom is -0.333 e. The third-order valence-corrected chi connectivity index (χ3v) is 2.07. The summed E-state index contributed by atoms with van der Waals surface area (Å²) in [7, 11) is 0. The van der Waals surface area contributed by atoms with E-state index in [2.05, 4.69) is 11.2 Å². The minimum absolute atomic E-state index is 0.0425. The molecule has 0 aliphatic rings. The quantitative estimate of drug-likeness (QED) is 0.650. The van der Waals surface area contributed by atoms with Gasteiger partial charge in [-0.05, 0) is 24.3 Å². The van der Waals surface area contributed by atoms with Gasteiger partial charge in [0.1, 0.15) is 12.7 Å². The van der Waals surface area contributed by atoms with Crippen molar-refractivity contribution < 1.29 is 9.53 Å². The summed E-state index contributed by atoms with van der Waals surface area (Å²) in [5.74, 6) is 1.79. The first-order chi connectivity index (χ1) is 8.17. The maximum Gasteiger partial charge on any atom is 0.254 e. The van der Waals surface area contributed by atoms with E-state index in [1.807, 2.05) is 0 Å². The van der Waals surface area contributed by atoms with Gasteiger partial charge in [-0.3, -0.25) is 4.79 Å². The summed E-state index contributed by atoms with van der Waals surface area (Å²) in [6, 6.07) is 8.04. The normalized spacial score (nSPS) is 11.0. The number of carbonyl (C=O) groups excluding carboxylic acids is 1. The molecule has 0 bridgehead atoms. The molecule has 1 aromatic rings. The zero-order valence-electron chi connectivity index (χ0n) is 8.81. The fourth-order valence-electron chi connectivity index (χ4n) is 1.05. The number of nitrogens with zero attached hydrogens (tertiary/aromatic N) is 1. The molecule has 1 amide bonds. The van der Waals surface area contributed by atoms with Crippen LogP contribution in [0.15, 0.2) is 24.3 Å². The van der Waals surface area contributed by atoms with Crippen LogP contribution >= 0.6 is 11.6 Å². The molecule has 17 heavy (non-hydrogen) atoms. The van der Waals surface area contributed by atoms with Crippen molar-refractivity contribution >= 4 is 17.5 Å². The van der Waals surface area contributed by atoms with E-state index in [-0.39, 0.29) is 6.61 Å². The first-order valence-corrected chi connectivity index (χ1v) is 5.06. The predicted octanol–water partition coefficient (Wildman–Crippen LogP) is 1.57. The highest BCUT2D eigenvalue weighted by molar-refractivity contribution is 6.30. The summed E-state index contributed by atoms with van der Waals surface area (Å²) in [5.41, 5.74) is 0.388. The molecule has 0 spiro atoms. The molecule has 1 N–H and O–H groups in total. The number of nitrogens with one attached hydrogen (secondary N) is 1. The lowest BCUT2D eigenvalue weighted by Gasteiger charge is -2.10. The number of benzene rings is 1. The number of hydrogen-bond acceptors (Lipinski definition) is 3. The average Bonchev–Trinajstić information content (AvgIpc) is 2.35. The van der Waals surface area contributed by atoms with E-state index in [0.29, 0.717) is 10.6 Å². The molecule has 0 fully saturated rings. The molecule has 0 heterocycles. The van der Waals surface area contributed by atoms with Crippen molar-refractivity contribution in [1.82, 2.24) is 5.32 Å². The maximum atomic E-state index is 11.7. The van der Waals surface area contributed by atoms with Gasteiger partial charge in [0.2, 0.25) is 6.23 Å². The van der Waals surface area contributed by atoms with E-state index in [9.17, 15) is 4.79 Å². The molecule has 0 saturated carbocycles. The van der Waals surface area contributed by atoms with E-state index >= 15 is 0 Å². The molecular formula is C12H9ClN2O2. The molecule has 4 nitrogen and oxygen atoms in total. The molecule has 0 aliphatic heterocycles. The standard InChI is InChI=1S/C12H9ClN2O2/c1-2-7-17-11(8-14)15-12(16)9-3-5-10(13)6-4-9/h1,3-6,11H,7H2,(H,15,16). The first kappa shape index (κ1) is 13.1. The molecule has 1 atom stereocenters. The molecule has 1 aromatic carbocycles. The van der Waals surface area contributed by atoms with Gasteiger partial charge in [-0.1, -0.05) is 17.5 Å². The zero-order chi connectivity index (χ0) is 12.7. The Morgan fingerprint density at radius 1 is 1.53 bits per heavy atom. The van der Waals surface area contributed by atoms with Crippen molar-refractivity contribution in [2.24, 2.45) is 0 Å². The van der Waals surface area contributed by atoms with E-state index in [0.717, 1.165) is 0 Å². The summed E-state index contributed by atoms with van der Waals surface area (Å²) in [6.45, 7) is -0.0425. The van der Waals surface area contributed by atoms with E-state index in [4.69, 9.17) is 28.0 Å². The number of carbonyl (C=O) groups is 1. The van der Waals surface area contributed by atoms with Crippen LogP contribution < -0.4 is 5.32 Å². The van der Waals surface area contributed by atoms with Gasteiger partial charge in [0.05, 0.1) is 0 Å². The fraction of sp³-hybridized carbons (Fsp3) is 0.167. The van der Waals surface area contributed by atoms with Crippen LogP contribution in [0.4, 0.5) is 0 Å². The second-order valence-corrected chi connectivity index (χ2v) is 3.44. The Labute approximate surface area is 104 Å². The molecule has 0 saturated heterocycles. The monoisotopic (exact) mass is 248 g/mol. The zero-order valence-corrected chi connectivity index (χ0v) is 9.57. The van der Waals surface area contributed by atoms with Crippen molar-refractivity contribution in [3.63, 3.8) is 0 Å². The Bertz CT molecular complexity index is 471. The van der Waals surface area contributed by atoms with Crippen LogP contribution in [0.3, 0.4) is 0 Å². The third-order valence-electron chi connectivity index (χ3n) is 1.82. The van der Waals surface area contributed by atoms with E-state index in [1.54, 1.807) is 30.3 Å². The Morgan fingerprint density at radius 2 is 2.18 bits per heavy atom. The third kappa shape index (κ3) is 4.16. The number of amides is 1. The predicted molar refractivity (Wildman–Crippen MR) is 63.1 cm³/mol. The van der Waals surface area contributed by atoms with Crippen molar-refractivity contribution in [3.05, 3.63) is 34.9 Å². The van der Waals surface area contributed by atoms with E-state index < -0.39 is 12.1 Å². The molecule has 0 radical (unpaired) electrons. The van der Waals surface area contributed by atoms with Gasteiger partial charge in [0, 0.05) is 10.6 Å². The fourth-order valence-corrected chi connectivity index (χ4v) is 1.17. The van der Waals surface area contributed by atoms with E-state index in [1.165, 1.54) is 0 Å². The highest BCUT2D eigenvalue weighted by atomic mass is 35.5. The number of rotatable bonds is 4. The average molecular weight is 249 g/mol. The van der Waals surface area contributed by atoms with Gasteiger partial charge in [0.25, 0.3) is 5.91 Å². The summed E-state index contributed by atoms with van der Waals surface area (Å²) in [6.07, 6.45) is 3.92. The number of hydrogen-bond donors (Lipinski definition) is 1. The van der Waals surface area contributed by atoms with Crippen LogP contribution in [0.2, 0.25) is 5.02 Å². The van der Waals surface area contributed by atoms with Crippen molar-refractivity contribution in [2.75, 3.05) is 6.61 Å². The van der Waals surface area contributed by atoms with Crippen LogP contribution in [0.1, 0.15) is 10.4 Å². The number of ether oxygens (including phenoxy) is 1. The molecule has 5 heteroatoms.